The first-order valence-electron chi connectivity index (χ1n) is 5.56. The van der Waals surface area contributed by atoms with Crippen molar-refractivity contribution in [3.63, 3.8) is 0 Å². The standard InChI is InChI=1S/C10H18F2N2O4/c1-2-7(5-9(16)17)13-10(18)14(3-4-15)6-8(11)12/h7-8,15H,2-6H2,1H3,(H,13,18)(H,16,17). The summed E-state index contributed by atoms with van der Waals surface area (Å²) < 4.78 is 24.4. The van der Waals surface area contributed by atoms with Crippen LogP contribution in [0, 0.1) is 0 Å². The number of hydrogen-bond donors (Lipinski definition) is 3. The quantitative estimate of drug-likeness (QED) is 0.598. The van der Waals surface area contributed by atoms with E-state index in [1.165, 1.54) is 0 Å². The highest BCUT2D eigenvalue weighted by Gasteiger charge is 2.21. The molecule has 18 heavy (non-hydrogen) atoms. The van der Waals surface area contributed by atoms with Gasteiger partial charge in [0, 0.05) is 12.6 Å². The van der Waals surface area contributed by atoms with E-state index in [2.05, 4.69) is 5.32 Å². The van der Waals surface area contributed by atoms with E-state index >= 15 is 0 Å². The molecular formula is C10H18F2N2O4. The number of alkyl halides is 2. The molecule has 1 atom stereocenters. The molecule has 0 aliphatic carbocycles. The van der Waals surface area contributed by atoms with Crippen LogP contribution in [0.5, 0.6) is 0 Å². The first kappa shape index (κ1) is 16.6. The molecule has 0 aromatic heterocycles. The van der Waals surface area contributed by atoms with Crippen molar-refractivity contribution in [1.29, 1.82) is 0 Å². The Hall–Kier alpha value is -1.44. The minimum absolute atomic E-state index is 0.223. The maximum absolute atomic E-state index is 12.2. The minimum atomic E-state index is -2.71. The molecule has 0 radical (unpaired) electrons. The van der Waals surface area contributed by atoms with Crippen molar-refractivity contribution >= 4 is 12.0 Å². The zero-order chi connectivity index (χ0) is 14.1. The highest BCUT2D eigenvalue weighted by atomic mass is 19.3. The Balaban J connectivity index is 4.41. The summed E-state index contributed by atoms with van der Waals surface area (Å²) in [5, 5.41) is 19.6. The molecule has 0 aliphatic heterocycles. The molecule has 0 aromatic carbocycles. The molecule has 0 aliphatic rings. The number of aliphatic carboxylic acids is 1. The number of nitrogens with zero attached hydrogens (tertiary/aromatic N) is 1. The van der Waals surface area contributed by atoms with Crippen LogP contribution in [-0.4, -0.2) is 59.3 Å². The van der Waals surface area contributed by atoms with Crippen LogP contribution in [0.4, 0.5) is 13.6 Å². The summed E-state index contributed by atoms with van der Waals surface area (Å²) in [5.74, 6) is -1.08. The summed E-state index contributed by atoms with van der Waals surface area (Å²) in [7, 11) is 0. The van der Waals surface area contributed by atoms with E-state index in [4.69, 9.17) is 10.2 Å². The lowest BCUT2D eigenvalue weighted by Crippen LogP contribution is -2.47. The molecule has 3 N–H and O–H groups in total. The van der Waals surface area contributed by atoms with Crippen LogP contribution >= 0.6 is 0 Å². The molecule has 0 rings (SSSR count). The number of carboxylic acids is 1. The summed E-state index contributed by atoms with van der Waals surface area (Å²) in [4.78, 5) is 22.9. The van der Waals surface area contributed by atoms with Crippen molar-refractivity contribution in [2.24, 2.45) is 0 Å². The molecule has 0 spiro atoms. The molecular weight excluding hydrogens is 250 g/mol. The van der Waals surface area contributed by atoms with Crippen LogP contribution in [0.15, 0.2) is 0 Å². The Morgan fingerprint density at radius 1 is 1.39 bits per heavy atom. The second-order valence-electron chi connectivity index (χ2n) is 3.71. The van der Waals surface area contributed by atoms with E-state index in [9.17, 15) is 18.4 Å². The molecule has 1 unspecified atom stereocenters. The third-order valence-corrected chi connectivity index (χ3v) is 2.26. The second kappa shape index (κ2) is 8.62. The van der Waals surface area contributed by atoms with E-state index in [-0.39, 0.29) is 13.0 Å². The molecule has 0 fully saturated rings. The number of aliphatic hydroxyl groups is 1. The summed E-state index contributed by atoms with van der Waals surface area (Å²) in [6, 6.07) is -1.41. The summed E-state index contributed by atoms with van der Waals surface area (Å²) in [6.07, 6.45) is -2.61. The average molecular weight is 268 g/mol. The maximum atomic E-state index is 12.2. The number of carbonyl (C=O) groups is 2. The van der Waals surface area contributed by atoms with Gasteiger partial charge in [-0.25, -0.2) is 13.6 Å². The van der Waals surface area contributed by atoms with Crippen LogP contribution in [0.3, 0.4) is 0 Å². The van der Waals surface area contributed by atoms with Gasteiger partial charge >= 0.3 is 12.0 Å². The first-order chi connectivity index (χ1) is 8.40. The van der Waals surface area contributed by atoms with Gasteiger partial charge in [-0.2, -0.15) is 0 Å². The van der Waals surface area contributed by atoms with Gasteiger partial charge in [-0.3, -0.25) is 4.79 Å². The van der Waals surface area contributed by atoms with Gasteiger partial charge < -0.3 is 20.4 Å². The molecule has 0 saturated heterocycles. The van der Waals surface area contributed by atoms with Gasteiger partial charge in [0.25, 0.3) is 6.43 Å². The molecule has 6 nitrogen and oxygen atoms in total. The number of carbonyl (C=O) groups excluding carboxylic acids is 1. The fourth-order valence-electron chi connectivity index (χ4n) is 1.34. The van der Waals surface area contributed by atoms with E-state index in [1.54, 1.807) is 6.92 Å². The van der Waals surface area contributed by atoms with Gasteiger partial charge in [-0.15, -0.1) is 0 Å². The lowest BCUT2D eigenvalue weighted by Gasteiger charge is -2.24. The highest BCUT2D eigenvalue weighted by Crippen LogP contribution is 2.02. The number of aliphatic hydroxyl groups excluding tert-OH is 1. The fourth-order valence-corrected chi connectivity index (χ4v) is 1.34. The average Bonchev–Trinajstić information content (AvgIpc) is 2.26. The Morgan fingerprint density at radius 2 is 2.00 bits per heavy atom. The predicted molar refractivity (Wildman–Crippen MR) is 59.5 cm³/mol. The van der Waals surface area contributed by atoms with Crippen molar-refractivity contribution in [1.82, 2.24) is 10.2 Å². The molecule has 0 bridgehead atoms. The lowest BCUT2D eigenvalue weighted by atomic mass is 10.1. The van der Waals surface area contributed by atoms with Gasteiger partial charge in [0.1, 0.15) is 0 Å². The van der Waals surface area contributed by atoms with Crippen LogP contribution in [0.2, 0.25) is 0 Å². The molecule has 0 saturated carbocycles. The Kier molecular flexibility index (Phi) is 7.93. The van der Waals surface area contributed by atoms with Crippen LogP contribution in [0.25, 0.3) is 0 Å². The number of nitrogens with one attached hydrogen (secondary N) is 1. The van der Waals surface area contributed by atoms with Gasteiger partial charge in [0.2, 0.25) is 0 Å². The SMILES string of the molecule is CCC(CC(=O)O)NC(=O)N(CCO)CC(F)F. The van der Waals surface area contributed by atoms with Crippen molar-refractivity contribution in [3.05, 3.63) is 0 Å². The number of halogens is 2. The van der Waals surface area contributed by atoms with Gasteiger partial charge in [0.15, 0.2) is 0 Å². The third kappa shape index (κ3) is 7.00. The van der Waals surface area contributed by atoms with Crippen LogP contribution in [0.1, 0.15) is 19.8 Å². The van der Waals surface area contributed by atoms with Crippen molar-refractivity contribution in [2.75, 3.05) is 19.7 Å². The zero-order valence-corrected chi connectivity index (χ0v) is 10.1. The van der Waals surface area contributed by atoms with E-state index in [0.717, 1.165) is 4.90 Å². The topological polar surface area (TPSA) is 89.9 Å². The number of amides is 2. The van der Waals surface area contributed by atoms with Gasteiger partial charge in [-0.1, -0.05) is 6.92 Å². The Morgan fingerprint density at radius 3 is 2.39 bits per heavy atom. The lowest BCUT2D eigenvalue weighted by molar-refractivity contribution is -0.137. The van der Waals surface area contributed by atoms with Crippen LogP contribution < -0.4 is 5.32 Å². The van der Waals surface area contributed by atoms with E-state index < -0.39 is 37.6 Å². The third-order valence-electron chi connectivity index (χ3n) is 2.26. The molecule has 0 heterocycles. The maximum Gasteiger partial charge on any atom is 0.317 e. The fraction of sp³-hybridized carbons (Fsp3) is 0.800. The molecule has 106 valence electrons. The largest absolute Gasteiger partial charge is 0.481 e. The molecule has 0 aromatic rings. The summed E-state index contributed by atoms with van der Waals surface area (Å²) >= 11 is 0. The summed E-state index contributed by atoms with van der Waals surface area (Å²) in [5.41, 5.74) is 0. The van der Waals surface area contributed by atoms with E-state index in [1.807, 2.05) is 0 Å². The number of urea groups is 1. The van der Waals surface area contributed by atoms with Gasteiger partial charge in [0.05, 0.1) is 19.6 Å². The zero-order valence-electron chi connectivity index (χ0n) is 10.1. The Labute approximate surface area is 104 Å². The van der Waals surface area contributed by atoms with E-state index in [0.29, 0.717) is 6.42 Å². The molecule has 8 heteroatoms. The number of hydrogen-bond acceptors (Lipinski definition) is 3. The van der Waals surface area contributed by atoms with Crippen molar-refractivity contribution < 1.29 is 28.6 Å². The van der Waals surface area contributed by atoms with Gasteiger partial charge in [-0.05, 0) is 6.42 Å². The summed E-state index contributed by atoms with van der Waals surface area (Å²) in [6.45, 7) is 0.225. The monoisotopic (exact) mass is 268 g/mol. The number of rotatable bonds is 8. The second-order valence-corrected chi connectivity index (χ2v) is 3.71. The Bertz CT molecular complexity index is 277. The highest BCUT2D eigenvalue weighted by molar-refractivity contribution is 5.76. The predicted octanol–water partition coefficient (Wildman–Crippen LogP) is 0.509. The smallest absolute Gasteiger partial charge is 0.317 e. The molecule has 2 amide bonds. The number of carboxylic acid groups (broad SMARTS) is 1. The minimum Gasteiger partial charge on any atom is -0.481 e. The first-order valence-corrected chi connectivity index (χ1v) is 5.56. The normalized spacial score (nSPS) is 12.3. The van der Waals surface area contributed by atoms with Crippen molar-refractivity contribution in [2.45, 2.75) is 32.2 Å². The van der Waals surface area contributed by atoms with Crippen molar-refractivity contribution in [3.8, 4) is 0 Å². The van der Waals surface area contributed by atoms with Crippen LogP contribution in [-0.2, 0) is 4.79 Å².